The highest BCUT2D eigenvalue weighted by atomic mass is 32.2. The Bertz CT molecular complexity index is 521. The van der Waals surface area contributed by atoms with Crippen LogP contribution in [-0.4, -0.2) is 28.7 Å². The Morgan fingerprint density at radius 1 is 1.50 bits per heavy atom. The Kier molecular flexibility index (Phi) is 3.72. The molecule has 0 bridgehead atoms. The van der Waals surface area contributed by atoms with Gasteiger partial charge in [0.15, 0.2) is 11.9 Å². The van der Waals surface area contributed by atoms with Crippen molar-refractivity contribution < 1.29 is 19.4 Å². The first-order valence-corrected chi connectivity index (χ1v) is 6.42. The molecule has 18 heavy (non-hydrogen) atoms. The van der Waals surface area contributed by atoms with Crippen molar-refractivity contribution in [2.24, 2.45) is 0 Å². The number of allylic oxidation sites excluding steroid dienone is 1. The maximum absolute atomic E-state index is 11.8. The lowest BCUT2D eigenvalue weighted by Crippen LogP contribution is -2.18. The number of rotatable bonds is 3. The molecule has 2 rings (SSSR count). The van der Waals surface area contributed by atoms with Crippen molar-refractivity contribution in [1.82, 2.24) is 0 Å². The quantitative estimate of drug-likeness (QED) is 0.669. The molecule has 1 aliphatic rings. The van der Waals surface area contributed by atoms with Gasteiger partial charge < -0.3 is 9.84 Å². The number of thioether (sulfide) groups is 1. The summed E-state index contributed by atoms with van der Waals surface area (Å²) in [6.07, 6.45) is 0.298. The number of ether oxygens (including phenoxy) is 1. The van der Waals surface area contributed by atoms with Crippen molar-refractivity contribution in [3.05, 3.63) is 36.1 Å². The van der Waals surface area contributed by atoms with Crippen LogP contribution >= 0.6 is 11.8 Å². The Hall–Kier alpha value is -1.75. The van der Waals surface area contributed by atoms with E-state index >= 15 is 0 Å². The summed E-state index contributed by atoms with van der Waals surface area (Å²) in [5, 5.41) is 8.73. The van der Waals surface area contributed by atoms with Crippen LogP contribution in [-0.2, 0) is 14.3 Å². The molecule has 0 radical (unpaired) electrons. The zero-order valence-corrected chi connectivity index (χ0v) is 10.6. The fourth-order valence-corrected chi connectivity index (χ4v) is 2.49. The number of carboxylic acids is 1. The average Bonchev–Trinajstić information content (AvgIpc) is 2.37. The van der Waals surface area contributed by atoms with Crippen molar-refractivity contribution in [2.75, 3.05) is 5.75 Å². The lowest BCUT2D eigenvalue weighted by Gasteiger charge is -2.17. The molecule has 1 aromatic rings. The van der Waals surface area contributed by atoms with E-state index in [0.29, 0.717) is 11.3 Å². The highest BCUT2D eigenvalue weighted by Crippen LogP contribution is 2.34. The molecule has 1 unspecified atom stereocenters. The SMILES string of the molecule is CC(OC=C1C(=O)CSc2ccccc21)C(=O)O. The summed E-state index contributed by atoms with van der Waals surface area (Å²) in [6.45, 7) is 1.42. The van der Waals surface area contributed by atoms with Crippen LogP contribution in [0.1, 0.15) is 12.5 Å². The first kappa shape index (κ1) is 12.7. The van der Waals surface area contributed by atoms with Gasteiger partial charge in [-0.3, -0.25) is 4.79 Å². The van der Waals surface area contributed by atoms with Crippen molar-refractivity contribution in [3.63, 3.8) is 0 Å². The number of ketones is 1. The van der Waals surface area contributed by atoms with E-state index in [1.807, 2.05) is 24.3 Å². The molecule has 0 spiro atoms. The molecular formula is C13H12O4S. The second-order valence-electron chi connectivity index (χ2n) is 3.86. The molecule has 5 heteroatoms. The third-order valence-electron chi connectivity index (χ3n) is 2.57. The van der Waals surface area contributed by atoms with Gasteiger partial charge in [-0.2, -0.15) is 0 Å². The van der Waals surface area contributed by atoms with Gasteiger partial charge in [0.05, 0.1) is 17.6 Å². The van der Waals surface area contributed by atoms with Gasteiger partial charge in [-0.05, 0) is 13.0 Å². The number of Topliss-reactive ketones (excluding diaryl/α,β-unsaturated/α-hetero) is 1. The Balaban J connectivity index is 2.29. The third-order valence-corrected chi connectivity index (χ3v) is 3.65. The first-order chi connectivity index (χ1) is 8.59. The van der Waals surface area contributed by atoms with Crippen molar-refractivity contribution in [2.45, 2.75) is 17.9 Å². The summed E-state index contributed by atoms with van der Waals surface area (Å²) >= 11 is 1.48. The number of carbonyl (C=O) groups excluding carboxylic acids is 1. The fourth-order valence-electron chi connectivity index (χ4n) is 1.54. The molecule has 94 valence electrons. The van der Waals surface area contributed by atoms with Crippen LogP contribution in [0.4, 0.5) is 0 Å². The molecule has 0 fully saturated rings. The van der Waals surface area contributed by atoms with Gasteiger partial charge in [-0.25, -0.2) is 4.79 Å². The predicted molar refractivity (Wildman–Crippen MR) is 68.3 cm³/mol. The highest BCUT2D eigenvalue weighted by Gasteiger charge is 2.22. The van der Waals surface area contributed by atoms with Crippen molar-refractivity contribution in [1.29, 1.82) is 0 Å². The van der Waals surface area contributed by atoms with Crippen molar-refractivity contribution in [3.8, 4) is 0 Å². The minimum Gasteiger partial charge on any atom is -0.486 e. The second-order valence-corrected chi connectivity index (χ2v) is 4.87. The maximum atomic E-state index is 11.8. The van der Waals surface area contributed by atoms with Gasteiger partial charge in [0.25, 0.3) is 0 Å². The van der Waals surface area contributed by atoms with Crippen molar-refractivity contribution >= 4 is 29.1 Å². The summed E-state index contributed by atoms with van der Waals surface area (Å²) in [4.78, 5) is 23.5. The molecule has 0 saturated carbocycles. The molecule has 1 N–H and O–H groups in total. The normalized spacial score (nSPS) is 18.3. The summed E-state index contributed by atoms with van der Waals surface area (Å²) in [6, 6.07) is 7.51. The summed E-state index contributed by atoms with van der Waals surface area (Å²) in [5.74, 6) is -0.748. The number of aliphatic carboxylic acids is 1. The van der Waals surface area contributed by atoms with Gasteiger partial charge in [-0.15, -0.1) is 11.8 Å². The van der Waals surface area contributed by atoms with E-state index in [2.05, 4.69) is 0 Å². The molecule has 1 atom stereocenters. The number of carbonyl (C=O) groups is 2. The Labute approximate surface area is 109 Å². The second kappa shape index (κ2) is 5.27. The minimum absolute atomic E-state index is 0.0451. The van der Waals surface area contributed by atoms with Crippen LogP contribution in [0.5, 0.6) is 0 Å². The molecule has 1 heterocycles. The summed E-state index contributed by atoms with van der Waals surface area (Å²) < 4.78 is 5.08. The number of benzene rings is 1. The fraction of sp³-hybridized carbons (Fsp3) is 0.231. The molecule has 0 saturated heterocycles. The van der Waals surface area contributed by atoms with Gasteiger partial charge in [-0.1, -0.05) is 18.2 Å². The monoisotopic (exact) mass is 264 g/mol. The summed E-state index contributed by atoms with van der Waals surface area (Å²) in [7, 11) is 0. The van der Waals surface area contributed by atoms with Gasteiger partial charge in [0, 0.05) is 10.5 Å². The van der Waals surface area contributed by atoms with Crippen LogP contribution in [0.3, 0.4) is 0 Å². The number of hydrogen-bond donors (Lipinski definition) is 1. The zero-order chi connectivity index (χ0) is 13.1. The van der Waals surface area contributed by atoms with Gasteiger partial charge in [0.1, 0.15) is 0 Å². The molecule has 1 aliphatic heterocycles. The van der Waals surface area contributed by atoms with E-state index in [-0.39, 0.29) is 5.78 Å². The van der Waals surface area contributed by atoms with E-state index in [1.54, 1.807) is 0 Å². The predicted octanol–water partition coefficient (Wildman–Crippen LogP) is 2.19. The molecule has 0 amide bonds. The van der Waals surface area contributed by atoms with Crippen LogP contribution in [0.2, 0.25) is 0 Å². The van der Waals surface area contributed by atoms with Gasteiger partial charge in [0.2, 0.25) is 0 Å². The van der Waals surface area contributed by atoms with Crippen LogP contribution in [0.25, 0.3) is 5.57 Å². The van der Waals surface area contributed by atoms with Crippen LogP contribution < -0.4 is 0 Å². The minimum atomic E-state index is -1.06. The molecule has 0 aliphatic carbocycles. The topological polar surface area (TPSA) is 63.6 Å². The average molecular weight is 264 g/mol. The zero-order valence-electron chi connectivity index (χ0n) is 9.75. The maximum Gasteiger partial charge on any atom is 0.344 e. The van der Waals surface area contributed by atoms with Crippen LogP contribution in [0, 0.1) is 0 Å². The molecule has 4 nitrogen and oxygen atoms in total. The largest absolute Gasteiger partial charge is 0.486 e. The number of fused-ring (bicyclic) bond motifs is 1. The molecule has 0 aromatic heterocycles. The molecule has 1 aromatic carbocycles. The lowest BCUT2D eigenvalue weighted by molar-refractivity contribution is -0.146. The van der Waals surface area contributed by atoms with E-state index in [9.17, 15) is 9.59 Å². The highest BCUT2D eigenvalue weighted by molar-refractivity contribution is 8.00. The van der Waals surface area contributed by atoms with E-state index < -0.39 is 12.1 Å². The summed E-state index contributed by atoms with van der Waals surface area (Å²) in [5.41, 5.74) is 1.24. The first-order valence-electron chi connectivity index (χ1n) is 5.43. The van der Waals surface area contributed by atoms with E-state index in [1.165, 1.54) is 24.9 Å². The standard InChI is InChI=1S/C13H12O4S/c1-8(13(15)16)17-6-10-9-4-2-3-5-12(9)18-7-11(10)14/h2-6,8H,7H2,1H3,(H,15,16). The molecular weight excluding hydrogens is 252 g/mol. The smallest absolute Gasteiger partial charge is 0.344 e. The van der Waals surface area contributed by atoms with Crippen LogP contribution in [0.15, 0.2) is 35.4 Å². The number of hydrogen-bond acceptors (Lipinski definition) is 4. The van der Waals surface area contributed by atoms with Gasteiger partial charge >= 0.3 is 5.97 Å². The Morgan fingerprint density at radius 3 is 2.94 bits per heavy atom. The number of carboxylic acid groups (broad SMARTS) is 1. The lowest BCUT2D eigenvalue weighted by atomic mass is 10.0. The third kappa shape index (κ3) is 2.56. The van der Waals surface area contributed by atoms with E-state index in [4.69, 9.17) is 9.84 Å². The Morgan fingerprint density at radius 2 is 2.22 bits per heavy atom. The van der Waals surface area contributed by atoms with E-state index in [0.717, 1.165) is 10.5 Å².